The Bertz CT molecular complexity index is 1310. The van der Waals surface area contributed by atoms with Gasteiger partial charge in [0, 0.05) is 13.1 Å². The van der Waals surface area contributed by atoms with Crippen LogP contribution in [0.4, 0.5) is 5.69 Å². The van der Waals surface area contributed by atoms with Gasteiger partial charge < -0.3 is 14.8 Å². The second-order valence-corrected chi connectivity index (χ2v) is 9.37. The maximum atomic E-state index is 12.8. The van der Waals surface area contributed by atoms with Crippen LogP contribution in [0, 0.1) is 0 Å². The van der Waals surface area contributed by atoms with E-state index in [1.807, 2.05) is 0 Å². The number of amides is 1. The molecule has 0 radical (unpaired) electrons. The number of nitrogens with one attached hydrogen (secondary N) is 1. The highest BCUT2D eigenvalue weighted by Crippen LogP contribution is 2.27. The van der Waals surface area contributed by atoms with Crippen molar-refractivity contribution >= 4 is 50.2 Å². The van der Waals surface area contributed by atoms with Crippen molar-refractivity contribution in [3.05, 3.63) is 59.4 Å². The molecule has 1 aliphatic rings. The fourth-order valence-corrected chi connectivity index (χ4v) is 4.74. The molecule has 1 amide bonds. The number of aromatic nitrogens is 2. The smallest absolute Gasteiger partial charge is 0.359 e. The number of fused-ring (bicyclic) bond motifs is 1. The Morgan fingerprint density at radius 1 is 1.12 bits per heavy atom. The van der Waals surface area contributed by atoms with Gasteiger partial charge in [-0.1, -0.05) is 23.7 Å². The maximum absolute atomic E-state index is 12.8. The summed E-state index contributed by atoms with van der Waals surface area (Å²) in [4.78, 5) is 32.8. The minimum absolute atomic E-state index is 0.0208. The summed E-state index contributed by atoms with van der Waals surface area (Å²) in [7, 11) is -3.77. The van der Waals surface area contributed by atoms with Crippen LogP contribution in [-0.2, 0) is 24.3 Å². The molecule has 3 aromatic rings. The molecule has 1 saturated heterocycles. The Labute approximate surface area is 194 Å². The van der Waals surface area contributed by atoms with Crippen LogP contribution >= 0.6 is 11.6 Å². The lowest BCUT2D eigenvalue weighted by Gasteiger charge is -2.26. The van der Waals surface area contributed by atoms with E-state index >= 15 is 0 Å². The lowest BCUT2D eigenvalue weighted by Crippen LogP contribution is -2.40. The molecular formula is C21H19ClN4O6S. The lowest BCUT2D eigenvalue weighted by atomic mass is 10.3. The molecule has 12 heteroatoms. The van der Waals surface area contributed by atoms with Gasteiger partial charge in [-0.2, -0.15) is 4.31 Å². The summed E-state index contributed by atoms with van der Waals surface area (Å²) in [5.74, 6) is -1.52. The number of nitrogens with zero attached hydrogens (tertiary/aromatic N) is 3. The van der Waals surface area contributed by atoms with Gasteiger partial charge in [0.25, 0.3) is 5.91 Å². The molecule has 10 nitrogen and oxygen atoms in total. The number of halogens is 1. The molecule has 0 atom stereocenters. The Hall–Kier alpha value is -3.12. The third kappa shape index (κ3) is 5.28. The molecular weight excluding hydrogens is 472 g/mol. The second-order valence-electron chi connectivity index (χ2n) is 7.03. The number of morpholine rings is 1. The van der Waals surface area contributed by atoms with Gasteiger partial charge >= 0.3 is 5.97 Å². The largest absolute Gasteiger partial charge is 0.451 e. The predicted octanol–water partition coefficient (Wildman–Crippen LogP) is 2.10. The topological polar surface area (TPSA) is 128 Å². The van der Waals surface area contributed by atoms with Gasteiger partial charge in [0.15, 0.2) is 12.3 Å². The highest BCUT2D eigenvalue weighted by molar-refractivity contribution is 7.89. The van der Waals surface area contributed by atoms with Gasteiger partial charge in [-0.05, 0) is 30.3 Å². The molecule has 33 heavy (non-hydrogen) atoms. The lowest BCUT2D eigenvalue weighted by molar-refractivity contribution is -0.119. The van der Waals surface area contributed by atoms with Gasteiger partial charge in [0.05, 0.1) is 46.0 Å². The van der Waals surface area contributed by atoms with E-state index in [4.69, 9.17) is 21.1 Å². The van der Waals surface area contributed by atoms with Gasteiger partial charge in [-0.25, -0.2) is 18.2 Å². The van der Waals surface area contributed by atoms with E-state index in [1.165, 1.54) is 28.7 Å². The van der Waals surface area contributed by atoms with E-state index in [0.29, 0.717) is 24.2 Å². The van der Waals surface area contributed by atoms with Crippen LogP contribution in [0.3, 0.4) is 0 Å². The Morgan fingerprint density at radius 2 is 1.85 bits per heavy atom. The number of carbonyl (C=O) groups is 2. The number of rotatable bonds is 6. The van der Waals surface area contributed by atoms with Crippen LogP contribution in [0.1, 0.15) is 10.5 Å². The molecule has 1 fully saturated rings. The first-order valence-electron chi connectivity index (χ1n) is 9.91. The molecule has 4 rings (SSSR count). The summed E-state index contributed by atoms with van der Waals surface area (Å²) in [6.45, 7) is 0.470. The summed E-state index contributed by atoms with van der Waals surface area (Å²) < 4.78 is 37.2. The highest BCUT2D eigenvalue weighted by Gasteiger charge is 2.27. The number of anilines is 1. The first-order chi connectivity index (χ1) is 15.8. The summed E-state index contributed by atoms with van der Waals surface area (Å²) in [5, 5.41) is 2.61. The predicted molar refractivity (Wildman–Crippen MR) is 119 cm³/mol. The summed E-state index contributed by atoms with van der Waals surface area (Å²) in [6, 6.07) is 11.0. The minimum Gasteiger partial charge on any atom is -0.451 e. The third-order valence-corrected chi connectivity index (χ3v) is 7.04. The number of hydrogen-bond acceptors (Lipinski definition) is 8. The molecule has 172 valence electrons. The molecule has 1 aromatic heterocycles. The molecule has 0 spiro atoms. The van der Waals surface area contributed by atoms with Crippen LogP contribution in [0.5, 0.6) is 0 Å². The molecule has 2 aromatic carbocycles. The molecule has 2 heterocycles. The molecule has 0 aliphatic carbocycles. The number of hydrogen-bond donors (Lipinski definition) is 1. The number of benzene rings is 2. The maximum Gasteiger partial charge on any atom is 0.359 e. The summed E-state index contributed by atoms with van der Waals surface area (Å²) >= 11 is 6.12. The number of sulfonamides is 1. The SMILES string of the molecule is O=C(COC(=O)c1cnc2ccccc2n1)Nc1cc(S(=O)(=O)N2CCOCC2)ccc1Cl. The Morgan fingerprint density at radius 3 is 2.61 bits per heavy atom. The zero-order chi connectivity index (χ0) is 23.4. The van der Waals surface area contributed by atoms with Crippen molar-refractivity contribution in [3.8, 4) is 0 Å². The number of esters is 1. The molecule has 0 saturated carbocycles. The van der Waals surface area contributed by atoms with E-state index in [2.05, 4.69) is 15.3 Å². The van der Waals surface area contributed by atoms with E-state index in [9.17, 15) is 18.0 Å². The number of carbonyl (C=O) groups excluding carboxylic acids is 2. The van der Waals surface area contributed by atoms with E-state index in [0.717, 1.165) is 0 Å². The first kappa shape index (κ1) is 23.1. The van der Waals surface area contributed by atoms with Crippen molar-refractivity contribution < 1.29 is 27.5 Å². The van der Waals surface area contributed by atoms with E-state index in [1.54, 1.807) is 24.3 Å². The van der Waals surface area contributed by atoms with Crippen molar-refractivity contribution in [2.45, 2.75) is 4.90 Å². The van der Waals surface area contributed by atoms with E-state index < -0.39 is 28.5 Å². The van der Waals surface area contributed by atoms with Crippen molar-refractivity contribution in [3.63, 3.8) is 0 Å². The van der Waals surface area contributed by atoms with Gasteiger partial charge in [0.1, 0.15) is 0 Å². The van der Waals surface area contributed by atoms with E-state index in [-0.39, 0.29) is 34.4 Å². The van der Waals surface area contributed by atoms with Crippen LogP contribution in [-0.4, -0.2) is 67.5 Å². The minimum atomic E-state index is -3.77. The first-order valence-corrected chi connectivity index (χ1v) is 11.7. The number of para-hydroxylation sites is 2. The fraction of sp³-hybridized carbons (Fsp3) is 0.238. The zero-order valence-corrected chi connectivity index (χ0v) is 18.8. The fourth-order valence-electron chi connectivity index (χ4n) is 3.14. The van der Waals surface area contributed by atoms with Gasteiger partial charge in [0.2, 0.25) is 10.0 Å². The van der Waals surface area contributed by atoms with Crippen molar-refractivity contribution in [2.24, 2.45) is 0 Å². The Kier molecular flexibility index (Phi) is 6.84. The van der Waals surface area contributed by atoms with Crippen molar-refractivity contribution in [1.82, 2.24) is 14.3 Å². The van der Waals surface area contributed by atoms with Crippen LogP contribution < -0.4 is 5.32 Å². The Balaban J connectivity index is 1.41. The molecule has 1 aliphatic heterocycles. The van der Waals surface area contributed by atoms with Crippen LogP contribution in [0.2, 0.25) is 5.02 Å². The monoisotopic (exact) mass is 490 g/mol. The summed E-state index contributed by atoms with van der Waals surface area (Å²) in [5.41, 5.74) is 1.17. The van der Waals surface area contributed by atoms with Crippen LogP contribution in [0.15, 0.2) is 53.6 Å². The second kappa shape index (κ2) is 9.79. The molecule has 0 bridgehead atoms. The van der Waals surface area contributed by atoms with Crippen LogP contribution in [0.25, 0.3) is 11.0 Å². The average Bonchev–Trinajstić information content (AvgIpc) is 2.84. The number of ether oxygens (including phenoxy) is 2. The quantitative estimate of drug-likeness (QED) is 0.520. The normalized spacial score (nSPS) is 14.7. The van der Waals surface area contributed by atoms with Gasteiger partial charge in [-0.15, -0.1) is 0 Å². The van der Waals surface area contributed by atoms with Gasteiger partial charge in [-0.3, -0.25) is 9.78 Å². The average molecular weight is 491 g/mol. The molecule has 0 unspecified atom stereocenters. The van der Waals surface area contributed by atoms with Crippen molar-refractivity contribution in [1.29, 1.82) is 0 Å². The highest BCUT2D eigenvalue weighted by atomic mass is 35.5. The van der Waals surface area contributed by atoms with Crippen molar-refractivity contribution in [2.75, 3.05) is 38.2 Å². The zero-order valence-electron chi connectivity index (χ0n) is 17.2. The molecule has 1 N–H and O–H groups in total. The standard InChI is InChI=1S/C21H19ClN4O6S/c22-15-6-5-14(33(29,30)26-7-9-31-10-8-26)11-18(15)25-20(27)13-32-21(28)19-12-23-16-3-1-2-4-17(16)24-19/h1-6,11-12H,7-10,13H2,(H,25,27). The summed E-state index contributed by atoms with van der Waals surface area (Å²) in [6.07, 6.45) is 1.26. The third-order valence-electron chi connectivity index (χ3n) is 4.81.